The fraction of sp³-hybridized carbons (Fsp3) is 0.417. The van der Waals surface area contributed by atoms with Gasteiger partial charge in [0.25, 0.3) is 5.91 Å². The van der Waals surface area contributed by atoms with Gasteiger partial charge in [-0.1, -0.05) is 24.3 Å². The number of ether oxygens (including phenoxy) is 1. The van der Waals surface area contributed by atoms with Crippen molar-refractivity contribution in [1.82, 2.24) is 4.90 Å². The van der Waals surface area contributed by atoms with E-state index in [1.807, 2.05) is 24.3 Å². The van der Waals surface area contributed by atoms with E-state index in [1.165, 1.54) is 18.2 Å². The number of likely N-dealkylation sites (tertiary alicyclic amines) is 1. The molecule has 7 heteroatoms. The number of hydrogen-bond donors (Lipinski definition) is 1. The normalized spacial score (nSPS) is 25.4. The van der Waals surface area contributed by atoms with Gasteiger partial charge in [0.1, 0.15) is 5.82 Å². The monoisotopic (exact) mass is 424 g/mol. The average molecular weight is 424 g/mol. The minimum absolute atomic E-state index is 0.0263. The first kappa shape index (κ1) is 20.2. The van der Waals surface area contributed by atoms with Gasteiger partial charge in [-0.15, -0.1) is 0 Å². The maximum absolute atomic E-state index is 13.7. The van der Waals surface area contributed by atoms with Crippen LogP contribution in [0, 0.1) is 11.7 Å². The third-order valence-electron chi connectivity index (χ3n) is 6.83. The van der Waals surface area contributed by atoms with Gasteiger partial charge in [0.05, 0.1) is 18.7 Å². The number of nitrogens with zero attached hydrogens (tertiary/aromatic N) is 2. The van der Waals surface area contributed by atoms with Gasteiger partial charge in [0.2, 0.25) is 5.91 Å². The minimum atomic E-state index is -0.464. The first-order chi connectivity index (χ1) is 15.1. The van der Waals surface area contributed by atoms with Crippen LogP contribution in [-0.2, 0) is 9.53 Å². The number of para-hydroxylation sites is 1. The van der Waals surface area contributed by atoms with Crippen molar-refractivity contribution in [2.45, 2.75) is 30.8 Å². The zero-order valence-corrected chi connectivity index (χ0v) is 17.1. The highest BCUT2D eigenvalue weighted by Crippen LogP contribution is 2.49. The Balaban J connectivity index is 1.49. The number of amides is 2. The van der Waals surface area contributed by atoms with Gasteiger partial charge < -0.3 is 19.6 Å². The summed E-state index contributed by atoms with van der Waals surface area (Å²) in [6.45, 7) is 1.33. The SMILES string of the molecule is O=C(c1cccc(F)c1)N1C[C@@H]2[C@H](c3ccccc31)[C@H](CO)N2C(=O)C1CCOCC1. The molecular weight excluding hydrogens is 399 g/mol. The Morgan fingerprint density at radius 3 is 2.61 bits per heavy atom. The molecule has 2 aromatic carbocycles. The molecule has 3 aliphatic rings. The largest absolute Gasteiger partial charge is 0.394 e. The zero-order chi connectivity index (χ0) is 21.5. The van der Waals surface area contributed by atoms with Gasteiger partial charge in [0.15, 0.2) is 0 Å². The molecular formula is C24H25FN2O4. The lowest BCUT2D eigenvalue weighted by molar-refractivity contribution is -0.157. The van der Waals surface area contributed by atoms with Crippen molar-refractivity contribution < 1.29 is 23.8 Å². The Labute approximate surface area is 180 Å². The number of aliphatic hydroxyl groups excluding tert-OH is 1. The summed E-state index contributed by atoms with van der Waals surface area (Å²) in [7, 11) is 0. The summed E-state index contributed by atoms with van der Waals surface area (Å²) in [5.74, 6) is -0.873. The first-order valence-electron chi connectivity index (χ1n) is 10.8. The van der Waals surface area contributed by atoms with E-state index in [2.05, 4.69) is 0 Å². The molecule has 0 aliphatic carbocycles. The van der Waals surface area contributed by atoms with Crippen molar-refractivity contribution >= 4 is 17.5 Å². The van der Waals surface area contributed by atoms with Crippen LogP contribution in [0.3, 0.4) is 0 Å². The Morgan fingerprint density at radius 1 is 1.10 bits per heavy atom. The Kier molecular flexibility index (Phi) is 5.24. The Morgan fingerprint density at radius 2 is 1.87 bits per heavy atom. The van der Waals surface area contributed by atoms with Crippen molar-refractivity contribution in [2.24, 2.45) is 5.92 Å². The lowest BCUT2D eigenvalue weighted by atomic mass is 9.71. The predicted molar refractivity (Wildman–Crippen MR) is 112 cm³/mol. The van der Waals surface area contributed by atoms with Gasteiger partial charge in [-0.3, -0.25) is 9.59 Å². The van der Waals surface area contributed by atoms with Gasteiger partial charge in [-0.2, -0.15) is 0 Å². The van der Waals surface area contributed by atoms with Crippen LogP contribution in [0.5, 0.6) is 0 Å². The van der Waals surface area contributed by atoms with Crippen molar-refractivity contribution in [3.63, 3.8) is 0 Å². The first-order valence-corrected chi connectivity index (χ1v) is 10.8. The number of anilines is 1. The highest BCUT2D eigenvalue weighted by Gasteiger charge is 2.56. The van der Waals surface area contributed by atoms with Crippen LogP contribution in [0.15, 0.2) is 48.5 Å². The van der Waals surface area contributed by atoms with Crippen LogP contribution in [0.25, 0.3) is 0 Å². The smallest absolute Gasteiger partial charge is 0.258 e. The number of rotatable bonds is 3. The van der Waals surface area contributed by atoms with E-state index in [4.69, 9.17) is 4.74 Å². The molecule has 5 rings (SSSR count). The summed E-state index contributed by atoms with van der Waals surface area (Å²) in [5.41, 5.74) is 1.97. The molecule has 2 saturated heterocycles. The third kappa shape index (κ3) is 3.32. The standard InChI is InChI=1S/C24H25FN2O4/c25-17-5-3-4-16(12-17)23(29)26-13-20-22(18-6-1-2-7-19(18)26)21(14-28)27(20)24(30)15-8-10-31-11-9-15/h1-7,12,15,20-22,28H,8-11,13-14H2/t20-,21+,22+/m1/s1. The molecule has 3 aliphatic heterocycles. The van der Waals surface area contributed by atoms with Crippen LogP contribution in [0.2, 0.25) is 0 Å². The molecule has 0 radical (unpaired) electrons. The molecule has 0 saturated carbocycles. The summed E-state index contributed by atoms with van der Waals surface area (Å²) >= 11 is 0. The van der Waals surface area contributed by atoms with Gasteiger partial charge >= 0.3 is 0 Å². The molecule has 1 N–H and O–H groups in total. The van der Waals surface area contributed by atoms with Gasteiger partial charge in [0, 0.05) is 42.8 Å². The topological polar surface area (TPSA) is 70.1 Å². The van der Waals surface area contributed by atoms with Gasteiger partial charge in [-0.05, 0) is 42.7 Å². The number of fused-ring (bicyclic) bond motifs is 3. The zero-order valence-electron chi connectivity index (χ0n) is 17.1. The fourth-order valence-corrected chi connectivity index (χ4v) is 5.32. The van der Waals surface area contributed by atoms with E-state index in [0.717, 1.165) is 11.3 Å². The molecule has 2 amide bonds. The summed E-state index contributed by atoms with van der Waals surface area (Å²) in [6.07, 6.45) is 1.35. The minimum Gasteiger partial charge on any atom is -0.394 e. The molecule has 3 heterocycles. The van der Waals surface area contributed by atoms with E-state index in [0.29, 0.717) is 32.6 Å². The summed E-state index contributed by atoms with van der Waals surface area (Å²) < 4.78 is 19.1. The van der Waals surface area contributed by atoms with E-state index >= 15 is 0 Å². The highest BCUT2D eigenvalue weighted by atomic mass is 19.1. The number of benzene rings is 2. The number of halogens is 1. The van der Waals surface area contributed by atoms with E-state index in [-0.39, 0.29) is 47.9 Å². The lowest BCUT2D eigenvalue weighted by Crippen LogP contribution is -2.71. The van der Waals surface area contributed by atoms with Crippen LogP contribution in [0.1, 0.15) is 34.7 Å². The Hall–Kier alpha value is -2.77. The predicted octanol–water partition coefficient (Wildman–Crippen LogP) is 2.57. The van der Waals surface area contributed by atoms with Crippen LogP contribution < -0.4 is 4.90 Å². The average Bonchev–Trinajstić information content (AvgIpc) is 2.79. The Bertz CT molecular complexity index is 1010. The lowest BCUT2D eigenvalue weighted by Gasteiger charge is -2.59. The number of aliphatic hydroxyl groups is 1. The van der Waals surface area contributed by atoms with Crippen molar-refractivity contribution in [3.8, 4) is 0 Å². The van der Waals surface area contributed by atoms with E-state index in [1.54, 1.807) is 15.9 Å². The van der Waals surface area contributed by atoms with Crippen LogP contribution in [-0.4, -0.2) is 60.3 Å². The molecule has 3 atom stereocenters. The summed E-state index contributed by atoms with van der Waals surface area (Å²) in [6, 6.07) is 12.8. The summed E-state index contributed by atoms with van der Waals surface area (Å²) in [5, 5.41) is 10.1. The molecule has 0 spiro atoms. The third-order valence-corrected chi connectivity index (χ3v) is 6.83. The van der Waals surface area contributed by atoms with Crippen LogP contribution >= 0.6 is 0 Å². The molecule has 0 unspecified atom stereocenters. The maximum Gasteiger partial charge on any atom is 0.258 e. The molecule has 2 aromatic rings. The van der Waals surface area contributed by atoms with E-state index < -0.39 is 5.82 Å². The van der Waals surface area contributed by atoms with Crippen LogP contribution in [0.4, 0.5) is 10.1 Å². The molecule has 2 fully saturated rings. The summed E-state index contributed by atoms with van der Waals surface area (Å²) in [4.78, 5) is 30.0. The number of hydrogen-bond acceptors (Lipinski definition) is 4. The molecule has 162 valence electrons. The molecule has 0 aromatic heterocycles. The maximum atomic E-state index is 13.7. The molecule has 0 bridgehead atoms. The molecule has 6 nitrogen and oxygen atoms in total. The fourth-order valence-electron chi connectivity index (χ4n) is 5.32. The highest BCUT2D eigenvalue weighted by molar-refractivity contribution is 6.07. The van der Waals surface area contributed by atoms with Crippen molar-refractivity contribution in [1.29, 1.82) is 0 Å². The second-order valence-corrected chi connectivity index (χ2v) is 8.46. The second kappa shape index (κ2) is 8.05. The second-order valence-electron chi connectivity index (χ2n) is 8.46. The molecule has 31 heavy (non-hydrogen) atoms. The van der Waals surface area contributed by atoms with Crippen molar-refractivity contribution in [3.05, 3.63) is 65.5 Å². The quantitative estimate of drug-likeness (QED) is 0.822. The van der Waals surface area contributed by atoms with Gasteiger partial charge in [-0.25, -0.2) is 4.39 Å². The van der Waals surface area contributed by atoms with E-state index in [9.17, 15) is 19.1 Å². The number of carbonyl (C=O) groups excluding carboxylic acids is 2. The van der Waals surface area contributed by atoms with Crippen molar-refractivity contribution in [2.75, 3.05) is 31.3 Å². The number of carbonyl (C=O) groups is 2.